The Hall–Kier alpha value is -1.45. The zero-order valence-electron chi connectivity index (χ0n) is 10.3. The molecule has 2 aromatic rings. The average molecular weight is 295 g/mol. The van der Waals surface area contributed by atoms with Crippen molar-refractivity contribution in [2.45, 2.75) is 4.90 Å². The predicted molar refractivity (Wildman–Crippen MR) is 80.0 cm³/mol. The van der Waals surface area contributed by atoms with Crippen LogP contribution in [0, 0.1) is 5.82 Å². The zero-order valence-corrected chi connectivity index (χ0v) is 11.8. The zero-order chi connectivity index (χ0) is 13.8. The Labute approximate surface area is 119 Å². The topological polar surface area (TPSA) is 17.1 Å². The smallest absolute Gasteiger partial charge is 0.191 e. The third kappa shape index (κ3) is 3.75. The van der Waals surface area contributed by atoms with Crippen LogP contribution in [0.3, 0.4) is 0 Å². The summed E-state index contributed by atoms with van der Waals surface area (Å²) in [5.41, 5.74) is 0.603. The molecule has 0 N–H and O–H groups in total. The number of ketones is 1. The summed E-state index contributed by atoms with van der Waals surface area (Å²) in [5.74, 6) is -0.323. The first-order valence-electron chi connectivity index (χ1n) is 5.61. The third-order valence-corrected chi connectivity index (χ3v) is 4.43. The first kappa shape index (κ1) is 14.0. The molecule has 1 atom stereocenters. The van der Waals surface area contributed by atoms with Crippen molar-refractivity contribution in [1.29, 1.82) is 0 Å². The first-order valence-corrected chi connectivity index (χ1v) is 7.69. The lowest BCUT2D eigenvalue weighted by atomic mass is 10.2. The second-order valence-electron chi connectivity index (χ2n) is 4.00. The van der Waals surface area contributed by atoms with E-state index in [4.69, 9.17) is 11.6 Å². The van der Waals surface area contributed by atoms with E-state index in [2.05, 4.69) is 0 Å². The van der Waals surface area contributed by atoms with E-state index in [1.54, 1.807) is 41.8 Å². The minimum Gasteiger partial charge on any atom is -0.289 e. The van der Waals surface area contributed by atoms with E-state index in [-0.39, 0.29) is 22.1 Å². The Kier molecular flexibility index (Phi) is 4.51. The molecule has 0 aromatic heterocycles. The fourth-order valence-corrected chi connectivity index (χ4v) is 2.84. The summed E-state index contributed by atoms with van der Waals surface area (Å²) in [7, 11) is -0.352. The molecular weight excluding hydrogens is 283 g/mol. The number of carbonyl (C=O) groups is 1. The minimum atomic E-state index is -0.352. The van der Waals surface area contributed by atoms with Crippen molar-refractivity contribution in [3.05, 3.63) is 64.9 Å². The van der Waals surface area contributed by atoms with E-state index in [0.29, 0.717) is 10.6 Å². The van der Waals surface area contributed by atoms with Gasteiger partial charge in [0, 0.05) is 20.8 Å². The number of benzene rings is 2. The van der Waals surface area contributed by atoms with Crippen LogP contribution in [0.1, 0.15) is 10.4 Å². The summed E-state index contributed by atoms with van der Waals surface area (Å²) in [6.07, 6.45) is 1.93. The third-order valence-electron chi connectivity index (χ3n) is 2.60. The molecule has 19 heavy (non-hydrogen) atoms. The van der Waals surface area contributed by atoms with Gasteiger partial charge in [-0.05, 0) is 54.8 Å². The van der Waals surface area contributed by atoms with Gasteiger partial charge >= 0.3 is 0 Å². The number of hydrogen-bond acceptors (Lipinski definition) is 1. The molecule has 2 rings (SSSR count). The van der Waals surface area contributed by atoms with Crippen molar-refractivity contribution in [2.75, 3.05) is 6.26 Å². The Morgan fingerprint density at radius 2 is 1.68 bits per heavy atom. The molecule has 0 heterocycles. The van der Waals surface area contributed by atoms with Gasteiger partial charge in [-0.3, -0.25) is 4.79 Å². The van der Waals surface area contributed by atoms with Gasteiger partial charge in [0.25, 0.3) is 0 Å². The number of hydrogen-bond donors (Lipinski definition) is 0. The van der Waals surface area contributed by atoms with E-state index < -0.39 is 0 Å². The molecule has 0 aliphatic carbocycles. The fourth-order valence-electron chi connectivity index (χ4n) is 1.56. The quantitative estimate of drug-likeness (QED) is 0.605. The maximum absolute atomic E-state index is 12.8. The highest BCUT2D eigenvalue weighted by Gasteiger charge is 2.04. The number of halogens is 2. The highest BCUT2D eigenvalue weighted by molar-refractivity contribution is 8.15. The van der Waals surface area contributed by atoms with Crippen LogP contribution >= 0.6 is 22.1 Å². The van der Waals surface area contributed by atoms with E-state index >= 15 is 0 Å². The van der Waals surface area contributed by atoms with Gasteiger partial charge < -0.3 is 0 Å². The summed E-state index contributed by atoms with van der Waals surface area (Å²) < 4.78 is 12.8. The van der Waals surface area contributed by atoms with E-state index in [1.807, 2.05) is 6.26 Å². The lowest BCUT2D eigenvalue weighted by Gasteiger charge is -2.03. The van der Waals surface area contributed by atoms with Gasteiger partial charge in [0.15, 0.2) is 5.78 Å². The van der Waals surface area contributed by atoms with Gasteiger partial charge in [-0.2, -0.15) is 10.5 Å². The molecule has 0 fully saturated rings. The second kappa shape index (κ2) is 6.13. The normalized spacial score (nSPS) is 12.4. The van der Waals surface area contributed by atoms with Crippen LogP contribution in [0.25, 0.3) is 0 Å². The van der Waals surface area contributed by atoms with Crippen LogP contribution in [0.2, 0.25) is 5.02 Å². The SMILES string of the molecule is C/S(=C\C(=O)c1ccc(Cl)cc1)c1ccc(F)cc1. The molecule has 0 radical (unpaired) electrons. The molecule has 1 unspecified atom stereocenters. The molecule has 0 aliphatic rings. The standard InChI is InChI=1S/C15H12ClFOS/c1-19(14-8-6-13(17)7-9-14)10-15(18)11-2-4-12(16)5-3-11/h2-10H,1H3. The Morgan fingerprint density at radius 1 is 1.11 bits per heavy atom. The van der Waals surface area contributed by atoms with Crippen LogP contribution in [0.5, 0.6) is 0 Å². The van der Waals surface area contributed by atoms with Gasteiger partial charge in [0.05, 0.1) is 0 Å². The van der Waals surface area contributed by atoms with Crippen molar-refractivity contribution in [1.82, 2.24) is 0 Å². The summed E-state index contributed by atoms with van der Waals surface area (Å²) in [6.45, 7) is 0. The number of carbonyl (C=O) groups excluding carboxylic acids is 1. The largest absolute Gasteiger partial charge is 0.289 e. The summed E-state index contributed by atoms with van der Waals surface area (Å²) in [6, 6.07) is 13.0. The summed E-state index contributed by atoms with van der Waals surface area (Å²) in [4.78, 5) is 13.0. The Bertz CT molecular complexity index is 618. The maximum Gasteiger partial charge on any atom is 0.191 e. The summed E-state index contributed by atoms with van der Waals surface area (Å²) >= 11 is 5.78. The lowest BCUT2D eigenvalue weighted by Crippen LogP contribution is -2.00. The monoisotopic (exact) mass is 294 g/mol. The molecule has 0 aliphatic heterocycles. The molecular formula is C15H12ClFOS. The first-order chi connectivity index (χ1) is 9.06. The molecule has 0 bridgehead atoms. The van der Waals surface area contributed by atoms with Gasteiger partial charge in [-0.1, -0.05) is 11.6 Å². The molecule has 0 spiro atoms. The number of rotatable bonds is 3. The van der Waals surface area contributed by atoms with E-state index in [0.717, 1.165) is 4.90 Å². The highest BCUT2D eigenvalue weighted by atomic mass is 35.5. The number of Topliss-reactive ketones (excluding diaryl/α,β-unsaturated/α-hetero) is 1. The van der Waals surface area contributed by atoms with E-state index in [9.17, 15) is 9.18 Å². The predicted octanol–water partition coefficient (Wildman–Crippen LogP) is 4.42. The maximum atomic E-state index is 12.8. The molecule has 1 nitrogen and oxygen atoms in total. The van der Waals surface area contributed by atoms with Crippen LogP contribution in [-0.2, 0) is 0 Å². The van der Waals surface area contributed by atoms with Crippen molar-refractivity contribution in [2.24, 2.45) is 0 Å². The minimum absolute atomic E-state index is 0.0492. The van der Waals surface area contributed by atoms with Crippen LogP contribution < -0.4 is 0 Å². The fraction of sp³-hybridized carbons (Fsp3) is 0.0667. The van der Waals surface area contributed by atoms with Gasteiger partial charge in [-0.25, -0.2) is 4.39 Å². The molecule has 0 saturated heterocycles. The summed E-state index contributed by atoms with van der Waals surface area (Å²) in [5, 5.41) is 2.25. The molecule has 2 aromatic carbocycles. The van der Waals surface area contributed by atoms with E-state index in [1.165, 1.54) is 12.1 Å². The molecule has 0 saturated carbocycles. The van der Waals surface area contributed by atoms with Crippen LogP contribution in [-0.4, -0.2) is 17.4 Å². The average Bonchev–Trinajstić information content (AvgIpc) is 2.40. The van der Waals surface area contributed by atoms with Gasteiger partial charge in [-0.15, -0.1) is 0 Å². The van der Waals surface area contributed by atoms with Crippen molar-refractivity contribution >= 4 is 33.2 Å². The Morgan fingerprint density at radius 3 is 2.26 bits per heavy atom. The van der Waals surface area contributed by atoms with Gasteiger partial charge in [0.2, 0.25) is 0 Å². The Balaban J connectivity index is 2.22. The van der Waals surface area contributed by atoms with Crippen molar-refractivity contribution in [3.8, 4) is 0 Å². The molecule has 98 valence electrons. The molecule has 4 heteroatoms. The molecule has 0 amide bonds. The van der Waals surface area contributed by atoms with Crippen LogP contribution in [0.4, 0.5) is 4.39 Å². The van der Waals surface area contributed by atoms with Crippen molar-refractivity contribution in [3.63, 3.8) is 0 Å². The van der Waals surface area contributed by atoms with Gasteiger partial charge in [0.1, 0.15) is 5.82 Å². The highest BCUT2D eigenvalue weighted by Crippen LogP contribution is 2.22. The van der Waals surface area contributed by atoms with Crippen LogP contribution in [0.15, 0.2) is 53.4 Å². The second-order valence-corrected chi connectivity index (χ2v) is 6.26. The van der Waals surface area contributed by atoms with Crippen molar-refractivity contribution < 1.29 is 9.18 Å². The lowest BCUT2D eigenvalue weighted by molar-refractivity contribution is 0.107.